The molecule has 0 aliphatic heterocycles. The van der Waals surface area contributed by atoms with Crippen molar-refractivity contribution in [3.05, 3.63) is 46.6 Å². The molecule has 184 valence electrons. The van der Waals surface area contributed by atoms with E-state index in [4.69, 9.17) is 11.6 Å². The molecule has 0 spiro atoms. The maximum Gasteiger partial charge on any atom is 0.0654 e. The number of H-pyrrole nitrogens is 2. The highest BCUT2D eigenvalue weighted by atomic mass is 127. The zero-order valence-electron chi connectivity index (χ0n) is 21.0. The van der Waals surface area contributed by atoms with Gasteiger partial charge in [-0.25, -0.2) is 0 Å². The minimum atomic E-state index is 0. The summed E-state index contributed by atoms with van der Waals surface area (Å²) in [5.41, 5.74) is 7.95. The first-order valence-electron chi connectivity index (χ1n) is 11.2. The van der Waals surface area contributed by atoms with E-state index in [1.807, 2.05) is 13.8 Å². The van der Waals surface area contributed by atoms with Crippen molar-refractivity contribution >= 4 is 59.6 Å². The van der Waals surface area contributed by atoms with Crippen molar-refractivity contribution in [2.24, 2.45) is 0 Å². The van der Waals surface area contributed by atoms with Crippen LogP contribution in [0.15, 0.2) is 12.7 Å². The number of halogens is 3. The Kier molecular flexibility index (Phi) is 32.2. The summed E-state index contributed by atoms with van der Waals surface area (Å²) in [4.78, 5) is 0. The normalized spacial score (nSPS) is 8.81. The van der Waals surface area contributed by atoms with Crippen LogP contribution in [0.3, 0.4) is 0 Å². The van der Waals surface area contributed by atoms with Crippen LogP contribution in [-0.2, 0) is 38.5 Å². The van der Waals surface area contributed by atoms with Crippen LogP contribution < -0.4 is 0 Å². The van der Waals surface area contributed by atoms with E-state index < -0.39 is 0 Å². The van der Waals surface area contributed by atoms with Crippen molar-refractivity contribution in [2.75, 3.05) is 5.88 Å². The number of alkyl halides is 1. The molecule has 0 aromatic carbocycles. The zero-order chi connectivity index (χ0) is 22.7. The molecule has 0 aliphatic carbocycles. The molecule has 0 amide bonds. The molecule has 2 heterocycles. The number of hydrogen-bond donors (Lipinski definition) is 2. The first-order chi connectivity index (χ1) is 14.0. The van der Waals surface area contributed by atoms with Crippen LogP contribution in [0.4, 0.5) is 0 Å². The van der Waals surface area contributed by atoms with E-state index in [-0.39, 0.29) is 48.0 Å². The largest absolute Gasteiger partial charge is 0.282 e. The smallest absolute Gasteiger partial charge is 0.0654 e. The van der Waals surface area contributed by atoms with Crippen molar-refractivity contribution < 1.29 is 0 Å². The summed E-state index contributed by atoms with van der Waals surface area (Å²) in [6.45, 7) is 20.3. The summed E-state index contributed by atoms with van der Waals surface area (Å²) in [7, 11) is 0. The molecular formula is C24H47ClI2N4. The third-order valence-electron chi connectivity index (χ3n) is 4.35. The van der Waals surface area contributed by atoms with Crippen molar-refractivity contribution in [3.63, 3.8) is 0 Å². The molecule has 0 bridgehead atoms. The predicted octanol–water partition coefficient (Wildman–Crippen LogP) is 8.26. The standard InChI is InChI=1S/2C9H16N2.C3H7Cl.C3H6.2HI/c2*1-4-7-8(5-2)10-11-9(7)6-3;1-2-3-4;1-3-2;;/h2*4-6H2,1-3H3,(H,10,11);2-3H2,1H3;3H,1H2,2H3;2*1H. The number of nitrogens with one attached hydrogen (secondary N) is 2. The van der Waals surface area contributed by atoms with Crippen LogP contribution in [0, 0.1) is 0 Å². The van der Waals surface area contributed by atoms with Gasteiger partial charge in [0.1, 0.15) is 0 Å². The molecule has 2 rings (SSSR count). The van der Waals surface area contributed by atoms with Gasteiger partial charge >= 0.3 is 0 Å². The monoisotopic (exact) mass is 680 g/mol. The lowest BCUT2D eigenvalue weighted by Gasteiger charge is -1.97. The van der Waals surface area contributed by atoms with Crippen LogP contribution in [0.25, 0.3) is 0 Å². The van der Waals surface area contributed by atoms with E-state index in [2.05, 4.69) is 68.5 Å². The van der Waals surface area contributed by atoms with Gasteiger partial charge < -0.3 is 0 Å². The number of aromatic nitrogens is 4. The summed E-state index contributed by atoms with van der Waals surface area (Å²) in [6, 6.07) is 0. The number of aryl methyl sites for hydroxylation is 4. The third-order valence-corrected chi connectivity index (χ3v) is 4.73. The molecule has 0 saturated carbocycles. The molecule has 0 saturated heterocycles. The molecule has 0 aliphatic rings. The summed E-state index contributed by atoms with van der Waals surface area (Å²) in [6.07, 6.45) is 9.25. The number of nitrogens with zero attached hydrogens (tertiary/aromatic N) is 2. The van der Waals surface area contributed by atoms with Crippen molar-refractivity contribution in [2.45, 2.75) is 100 Å². The maximum atomic E-state index is 5.19. The van der Waals surface area contributed by atoms with E-state index in [0.717, 1.165) is 50.8 Å². The van der Waals surface area contributed by atoms with Gasteiger partial charge in [-0.3, -0.25) is 10.2 Å². The van der Waals surface area contributed by atoms with Crippen LogP contribution in [0.2, 0.25) is 0 Å². The number of aromatic amines is 2. The minimum absolute atomic E-state index is 0. The van der Waals surface area contributed by atoms with Crippen LogP contribution in [0.5, 0.6) is 0 Å². The summed E-state index contributed by atoms with van der Waals surface area (Å²) in [5.74, 6) is 0.792. The lowest BCUT2D eigenvalue weighted by molar-refractivity contribution is 0.936. The molecule has 4 nitrogen and oxygen atoms in total. The summed E-state index contributed by atoms with van der Waals surface area (Å²) < 4.78 is 0. The number of hydrogen-bond acceptors (Lipinski definition) is 2. The lowest BCUT2D eigenvalue weighted by atomic mass is 10.1. The number of allylic oxidation sites excluding steroid dienone is 1. The van der Waals surface area contributed by atoms with E-state index in [0.29, 0.717) is 0 Å². The Morgan fingerprint density at radius 3 is 1.16 bits per heavy atom. The second kappa shape index (κ2) is 26.2. The van der Waals surface area contributed by atoms with Crippen LogP contribution in [-0.4, -0.2) is 26.3 Å². The molecule has 2 aromatic heterocycles. The average molecular weight is 681 g/mol. The Balaban J connectivity index is -0.000000173. The van der Waals surface area contributed by atoms with Gasteiger partial charge in [0.2, 0.25) is 0 Å². The SMILES string of the molecule is C=CC.CCCCl.CCc1n[nH]c(CC)c1CC.CCc1n[nH]c(CC)c1CC.I.I. The fraction of sp³-hybridized carbons (Fsp3) is 0.667. The molecule has 0 fully saturated rings. The molecule has 0 unspecified atom stereocenters. The zero-order valence-corrected chi connectivity index (χ0v) is 26.4. The molecule has 0 atom stereocenters. The summed E-state index contributed by atoms with van der Waals surface area (Å²) in [5, 5.41) is 14.7. The highest BCUT2D eigenvalue weighted by molar-refractivity contribution is 14.0. The Hall–Kier alpha value is -0.0900. The highest BCUT2D eigenvalue weighted by Gasteiger charge is 2.07. The Morgan fingerprint density at radius 2 is 1.00 bits per heavy atom. The fourth-order valence-corrected chi connectivity index (χ4v) is 2.89. The van der Waals surface area contributed by atoms with E-state index in [1.165, 1.54) is 33.9 Å². The van der Waals surface area contributed by atoms with Gasteiger partial charge in [0.25, 0.3) is 0 Å². The summed E-state index contributed by atoms with van der Waals surface area (Å²) >= 11 is 5.19. The van der Waals surface area contributed by atoms with Gasteiger partial charge in [-0.1, -0.05) is 54.5 Å². The molecule has 7 heteroatoms. The highest BCUT2D eigenvalue weighted by Crippen LogP contribution is 2.13. The van der Waals surface area contributed by atoms with Crippen LogP contribution in [0.1, 0.15) is 95.7 Å². The van der Waals surface area contributed by atoms with Crippen molar-refractivity contribution in [1.82, 2.24) is 20.4 Å². The second-order valence-electron chi connectivity index (χ2n) is 6.47. The first kappa shape index (κ1) is 38.2. The fourth-order valence-electron chi connectivity index (χ4n) is 2.89. The molecule has 2 aromatic rings. The van der Waals surface area contributed by atoms with E-state index in [9.17, 15) is 0 Å². The Bertz CT molecular complexity index is 544. The Labute approximate surface area is 231 Å². The molecule has 0 radical (unpaired) electrons. The predicted molar refractivity (Wildman–Crippen MR) is 161 cm³/mol. The van der Waals surface area contributed by atoms with E-state index in [1.54, 1.807) is 6.08 Å². The molecule has 31 heavy (non-hydrogen) atoms. The number of rotatable bonds is 7. The lowest BCUT2D eigenvalue weighted by Crippen LogP contribution is -1.90. The second-order valence-corrected chi connectivity index (χ2v) is 6.85. The average Bonchev–Trinajstić information content (AvgIpc) is 3.36. The maximum absolute atomic E-state index is 5.19. The van der Waals surface area contributed by atoms with Gasteiger partial charge in [-0.2, -0.15) is 10.2 Å². The van der Waals surface area contributed by atoms with E-state index >= 15 is 0 Å². The van der Waals surface area contributed by atoms with Gasteiger partial charge in [0, 0.05) is 17.3 Å². The van der Waals surface area contributed by atoms with Crippen molar-refractivity contribution in [3.8, 4) is 0 Å². The first-order valence-corrected chi connectivity index (χ1v) is 11.8. The van der Waals surface area contributed by atoms with Gasteiger partial charge in [-0.15, -0.1) is 66.1 Å². The topological polar surface area (TPSA) is 57.4 Å². The van der Waals surface area contributed by atoms with Gasteiger partial charge in [0.15, 0.2) is 0 Å². The Morgan fingerprint density at radius 1 is 0.710 bits per heavy atom. The minimum Gasteiger partial charge on any atom is -0.282 e. The van der Waals surface area contributed by atoms with Gasteiger partial charge in [0.05, 0.1) is 11.4 Å². The van der Waals surface area contributed by atoms with Gasteiger partial charge in [-0.05, 0) is 63.0 Å². The molecular weight excluding hydrogens is 634 g/mol. The molecule has 2 N–H and O–H groups in total. The quantitative estimate of drug-likeness (QED) is 0.176. The van der Waals surface area contributed by atoms with Crippen molar-refractivity contribution in [1.29, 1.82) is 0 Å². The van der Waals surface area contributed by atoms with Crippen LogP contribution >= 0.6 is 59.6 Å². The third kappa shape index (κ3) is 15.4.